The molecule has 0 aromatic heterocycles. The van der Waals surface area contributed by atoms with Crippen LogP contribution in [0.15, 0.2) is 0 Å². The normalized spacial score (nSPS) is 11.6. The van der Waals surface area contributed by atoms with Crippen LogP contribution in [-0.2, 0) is 19.0 Å². The highest BCUT2D eigenvalue weighted by atomic mass is 16.6. The maximum Gasteiger partial charge on any atom is 0.332 e. The van der Waals surface area contributed by atoms with Crippen molar-refractivity contribution in [2.75, 3.05) is 26.4 Å². The minimum atomic E-state index is -0.448. The molecule has 0 atom stereocenters. The van der Waals surface area contributed by atoms with E-state index in [0.29, 0.717) is 13.2 Å². The number of esters is 1. The third-order valence-electron chi connectivity index (χ3n) is 2.15. The zero-order valence-corrected chi connectivity index (χ0v) is 12.3. The smallest absolute Gasteiger partial charge is 0.332 e. The summed E-state index contributed by atoms with van der Waals surface area (Å²) in [5.41, 5.74) is -0.448. The van der Waals surface area contributed by atoms with Crippen molar-refractivity contribution in [3.05, 3.63) is 0 Å². The van der Waals surface area contributed by atoms with Gasteiger partial charge in [0.05, 0.1) is 13.2 Å². The van der Waals surface area contributed by atoms with Crippen LogP contribution < -0.4 is 0 Å². The Hall–Kier alpha value is -0.610. The molecule has 0 rings (SSSR count). The highest BCUT2D eigenvalue weighted by Crippen LogP contribution is 2.06. The first-order chi connectivity index (χ1) is 8.45. The molecule has 0 aromatic rings. The Balaban J connectivity index is 3.23. The summed E-state index contributed by atoms with van der Waals surface area (Å²) in [4.78, 5) is 11.3. The second-order valence-corrected chi connectivity index (χ2v) is 5.31. The Morgan fingerprint density at radius 1 is 0.944 bits per heavy atom. The molecule has 0 bridgehead atoms. The molecule has 0 fully saturated rings. The molecule has 4 heteroatoms. The lowest BCUT2D eigenvalue weighted by Crippen LogP contribution is -2.27. The maximum absolute atomic E-state index is 11.3. The average Bonchev–Trinajstić information content (AvgIpc) is 2.24. The molecule has 0 aromatic carbocycles. The third-order valence-corrected chi connectivity index (χ3v) is 2.15. The topological polar surface area (TPSA) is 44.8 Å². The van der Waals surface area contributed by atoms with E-state index in [2.05, 4.69) is 6.92 Å². The van der Waals surface area contributed by atoms with E-state index in [1.165, 1.54) is 19.3 Å². The van der Waals surface area contributed by atoms with Gasteiger partial charge in [-0.25, -0.2) is 4.79 Å². The predicted octanol–water partition coefficient (Wildman–Crippen LogP) is 2.94. The first kappa shape index (κ1) is 17.4. The van der Waals surface area contributed by atoms with Gasteiger partial charge in [0, 0.05) is 6.61 Å². The van der Waals surface area contributed by atoms with Gasteiger partial charge < -0.3 is 14.2 Å². The quantitative estimate of drug-likeness (QED) is 0.447. The van der Waals surface area contributed by atoms with Crippen molar-refractivity contribution >= 4 is 5.97 Å². The van der Waals surface area contributed by atoms with Gasteiger partial charge in [0.25, 0.3) is 0 Å². The molecule has 0 radical (unpaired) electrons. The molecule has 0 amide bonds. The van der Waals surface area contributed by atoms with Crippen LogP contribution in [0.25, 0.3) is 0 Å². The SMILES string of the molecule is CCCCCCOCCOCC(=O)OC(C)(C)C. The van der Waals surface area contributed by atoms with E-state index in [-0.39, 0.29) is 12.6 Å². The number of carbonyl (C=O) groups excluding carboxylic acids is 1. The first-order valence-electron chi connectivity index (χ1n) is 6.83. The Morgan fingerprint density at radius 2 is 1.61 bits per heavy atom. The maximum atomic E-state index is 11.3. The van der Waals surface area contributed by atoms with Crippen LogP contribution in [0, 0.1) is 0 Å². The molecule has 4 nitrogen and oxygen atoms in total. The van der Waals surface area contributed by atoms with E-state index in [1.54, 1.807) is 0 Å². The van der Waals surface area contributed by atoms with Crippen LogP contribution in [0.2, 0.25) is 0 Å². The Labute approximate surface area is 111 Å². The minimum Gasteiger partial charge on any atom is -0.458 e. The van der Waals surface area contributed by atoms with Crippen molar-refractivity contribution in [1.82, 2.24) is 0 Å². The van der Waals surface area contributed by atoms with Crippen LogP contribution in [-0.4, -0.2) is 38.0 Å². The zero-order chi connectivity index (χ0) is 13.9. The second-order valence-electron chi connectivity index (χ2n) is 5.31. The van der Waals surface area contributed by atoms with Crippen LogP contribution >= 0.6 is 0 Å². The van der Waals surface area contributed by atoms with Gasteiger partial charge in [0.1, 0.15) is 12.2 Å². The molecule has 0 aliphatic heterocycles. The molecule has 0 N–H and O–H groups in total. The predicted molar refractivity (Wildman–Crippen MR) is 71.6 cm³/mol. The number of ether oxygens (including phenoxy) is 3. The summed E-state index contributed by atoms with van der Waals surface area (Å²) in [6.45, 7) is 9.44. The van der Waals surface area contributed by atoms with E-state index in [4.69, 9.17) is 14.2 Å². The summed E-state index contributed by atoms with van der Waals surface area (Å²) in [7, 11) is 0. The molecule has 18 heavy (non-hydrogen) atoms. The number of rotatable bonds is 10. The van der Waals surface area contributed by atoms with E-state index in [9.17, 15) is 4.79 Å². The standard InChI is InChI=1S/C14H28O4/c1-5-6-7-8-9-16-10-11-17-12-13(15)18-14(2,3)4/h5-12H2,1-4H3. The van der Waals surface area contributed by atoms with Gasteiger partial charge >= 0.3 is 5.97 Å². The Kier molecular flexibility index (Phi) is 9.98. The van der Waals surface area contributed by atoms with Gasteiger partial charge in [-0.3, -0.25) is 0 Å². The molecule has 0 unspecified atom stereocenters. The number of unbranched alkanes of at least 4 members (excludes halogenated alkanes) is 3. The van der Waals surface area contributed by atoms with Gasteiger partial charge in [-0.15, -0.1) is 0 Å². The fourth-order valence-corrected chi connectivity index (χ4v) is 1.38. The van der Waals surface area contributed by atoms with Crippen LogP contribution in [0.5, 0.6) is 0 Å². The Bertz CT molecular complexity index is 208. The van der Waals surface area contributed by atoms with Gasteiger partial charge in [0.15, 0.2) is 0 Å². The van der Waals surface area contributed by atoms with Gasteiger partial charge in [-0.2, -0.15) is 0 Å². The molecule has 0 spiro atoms. The molecular formula is C14H28O4. The van der Waals surface area contributed by atoms with E-state index in [0.717, 1.165) is 13.0 Å². The van der Waals surface area contributed by atoms with Crippen molar-refractivity contribution in [3.8, 4) is 0 Å². The molecule has 0 saturated carbocycles. The molecule has 0 aliphatic carbocycles. The van der Waals surface area contributed by atoms with Crippen molar-refractivity contribution in [2.24, 2.45) is 0 Å². The molecular weight excluding hydrogens is 232 g/mol. The number of carbonyl (C=O) groups is 1. The summed E-state index contributed by atoms with van der Waals surface area (Å²) >= 11 is 0. The van der Waals surface area contributed by atoms with Crippen LogP contribution in [0.4, 0.5) is 0 Å². The van der Waals surface area contributed by atoms with Crippen LogP contribution in [0.1, 0.15) is 53.4 Å². The highest BCUT2D eigenvalue weighted by molar-refractivity contribution is 5.71. The number of hydrogen-bond donors (Lipinski definition) is 0. The average molecular weight is 260 g/mol. The summed E-state index contributed by atoms with van der Waals surface area (Å²) in [5.74, 6) is -0.328. The van der Waals surface area contributed by atoms with Crippen LogP contribution in [0.3, 0.4) is 0 Å². The third kappa shape index (κ3) is 13.5. The summed E-state index contributed by atoms with van der Waals surface area (Å²) < 4.78 is 15.7. The fraction of sp³-hybridized carbons (Fsp3) is 0.929. The molecule has 108 valence electrons. The van der Waals surface area contributed by atoms with Gasteiger partial charge in [-0.1, -0.05) is 26.2 Å². The largest absolute Gasteiger partial charge is 0.458 e. The highest BCUT2D eigenvalue weighted by Gasteiger charge is 2.15. The second kappa shape index (κ2) is 10.3. The lowest BCUT2D eigenvalue weighted by molar-refractivity contribution is -0.160. The molecule has 0 saturated heterocycles. The molecule has 0 aliphatic rings. The summed E-state index contributed by atoms with van der Waals surface area (Å²) in [6, 6.07) is 0. The van der Waals surface area contributed by atoms with Crippen molar-refractivity contribution in [3.63, 3.8) is 0 Å². The van der Waals surface area contributed by atoms with Gasteiger partial charge in [0.2, 0.25) is 0 Å². The van der Waals surface area contributed by atoms with E-state index in [1.807, 2.05) is 20.8 Å². The minimum absolute atomic E-state index is 0.00351. The summed E-state index contributed by atoms with van der Waals surface area (Å²) in [6.07, 6.45) is 4.81. The lowest BCUT2D eigenvalue weighted by atomic mass is 10.2. The zero-order valence-electron chi connectivity index (χ0n) is 12.3. The lowest BCUT2D eigenvalue weighted by Gasteiger charge is -2.19. The number of hydrogen-bond acceptors (Lipinski definition) is 4. The Morgan fingerprint density at radius 3 is 2.22 bits per heavy atom. The van der Waals surface area contributed by atoms with Crippen molar-refractivity contribution in [1.29, 1.82) is 0 Å². The van der Waals surface area contributed by atoms with E-state index < -0.39 is 5.60 Å². The molecule has 0 heterocycles. The van der Waals surface area contributed by atoms with Gasteiger partial charge in [-0.05, 0) is 27.2 Å². The van der Waals surface area contributed by atoms with E-state index >= 15 is 0 Å². The fourth-order valence-electron chi connectivity index (χ4n) is 1.38. The monoisotopic (exact) mass is 260 g/mol. The summed E-state index contributed by atoms with van der Waals surface area (Å²) in [5, 5.41) is 0. The van der Waals surface area contributed by atoms with Crippen molar-refractivity contribution in [2.45, 2.75) is 59.0 Å². The first-order valence-corrected chi connectivity index (χ1v) is 6.83. The van der Waals surface area contributed by atoms with Crippen molar-refractivity contribution < 1.29 is 19.0 Å².